The summed E-state index contributed by atoms with van der Waals surface area (Å²) in [5, 5.41) is 16.4. The van der Waals surface area contributed by atoms with Crippen LogP contribution in [0.3, 0.4) is 0 Å². The Hall–Kier alpha value is -4.27. The topological polar surface area (TPSA) is 95.0 Å². The Morgan fingerprint density at radius 1 is 1.03 bits per heavy atom. The van der Waals surface area contributed by atoms with Crippen LogP contribution in [0.15, 0.2) is 67.0 Å². The molecular formula is C24H22N8O. The Morgan fingerprint density at radius 3 is 2.73 bits per heavy atom. The average Bonchev–Trinajstić information content (AvgIpc) is 3.44. The maximum atomic E-state index is 6.35. The van der Waals surface area contributed by atoms with Crippen LogP contribution < -0.4 is 10.1 Å². The predicted octanol–water partition coefficient (Wildman–Crippen LogP) is 3.77. The van der Waals surface area contributed by atoms with Crippen LogP contribution in [-0.4, -0.2) is 40.5 Å². The van der Waals surface area contributed by atoms with Crippen LogP contribution in [0.2, 0.25) is 0 Å². The van der Waals surface area contributed by atoms with Gasteiger partial charge in [0.2, 0.25) is 11.8 Å². The maximum absolute atomic E-state index is 6.35. The Bertz CT molecular complexity index is 1440. The van der Waals surface area contributed by atoms with Crippen molar-refractivity contribution in [2.24, 2.45) is 7.05 Å². The summed E-state index contributed by atoms with van der Waals surface area (Å²) in [5.74, 6) is 3.06. The summed E-state index contributed by atoms with van der Waals surface area (Å²) < 4.78 is 10.1. The summed E-state index contributed by atoms with van der Waals surface area (Å²) in [5.41, 5.74) is 3.65. The molecule has 9 heteroatoms. The monoisotopic (exact) mass is 438 g/mol. The third-order valence-electron chi connectivity index (χ3n) is 6.01. The van der Waals surface area contributed by atoms with Gasteiger partial charge in [-0.2, -0.15) is 5.10 Å². The van der Waals surface area contributed by atoms with Crippen molar-refractivity contribution in [3.05, 3.63) is 78.4 Å². The van der Waals surface area contributed by atoms with E-state index in [-0.39, 0.29) is 12.0 Å². The van der Waals surface area contributed by atoms with Gasteiger partial charge in [0.05, 0.1) is 17.8 Å². The number of nitrogens with one attached hydrogen (secondary N) is 1. The molecule has 1 aromatic carbocycles. The third kappa shape index (κ3) is 3.47. The molecule has 0 radical (unpaired) electrons. The lowest BCUT2D eigenvalue weighted by Gasteiger charge is -2.29. The second-order valence-corrected chi connectivity index (χ2v) is 8.18. The van der Waals surface area contributed by atoms with Crippen molar-refractivity contribution < 1.29 is 4.74 Å². The number of aromatic nitrogens is 7. The van der Waals surface area contributed by atoms with Crippen molar-refractivity contribution in [2.45, 2.75) is 25.4 Å². The van der Waals surface area contributed by atoms with Crippen molar-refractivity contribution >= 4 is 17.4 Å². The number of hydrogen-bond donors (Lipinski definition) is 1. The Kier molecular flexibility index (Phi) is 4.53. The zero-order valence-electron chi connectivity index (χ0n) is 18.3. The number of rotatable bonds is 5. The first-order valence-corrected chi connectivity index (χ1v) is 10.8. The van der Waals surface area contributed by atoms with E-state index in [0.717, 1.165) is 40.8 Å². The van der Waals surface area contributed by atoms with Gasteiger partial charge in [-0.1, -0.05) is 30.3 Å². The molecule has 1 aliphatic rings. The highest BCUT2D eigenvalue weighted by atomic mass is 16.5. The van der Waals surface area contributed by atoms with Crippen LogP contribution in [0.4, 0.5) is 11.8 Å². The second-order valence-electron chi connectivity index (χ2n) is 8.18. The molecule has 1 aliphatic heterocycles. The van der Waals surface area contributed by atoms with Gasteiger partial charge < -0.3 is 10.1 Å². The van der Waals surface area contributed by atoms with Gasteiger partial charge in [0, 0.05) is 30.9 Å². The first-order valence-electron chi connectivity index (χ1n) is 10.8. The van der Waals surface area contributed by atoms with Crippen molar-refractivity contribution in [1.29, 1.82) is 0 Å². The average molecular weight is 438 g/mol. The maximum Gasteiger partial charge on any atom is 0.228 e. The number of aryl methyl sites for hydroxylation is 1. The zero-order valence-corrected chi connectivity index (χ0v) is 18.3. The molecule has 1 N–H and O–H groups in total. The van der Waals surface area contributed by atoms with E-state index < -0.39 is 0 Å². The molecule has 6 rings (SSSR count). The number of anilines is 2. The molecule has 0 saturated carbocycles. The SMILES string of the molecule is C[C@H]1Oc2cc(-c3ccnc(Nc4ccnn4C)n3)cc3nnc(n23)[C@H]1Cc1ccccc1. The van der Waals surface area contributed by atoms with E-state index in [1.165, 1.54) is 5.56 Å². The Morgan fingerprint density at radius 2 is 1.91 bits per heavy atom. The lowest BCUT2D eigenvalue weighted by atomic mass is 9.93. The Labute approximate surface area is 190 Å². The van der Waals surface area contributed by atoms with E-state index in [4.69, 9.17) is 4.74 Å². The summed E-state index contributed by atoms with van der Waals surface area (Å²) in [7, 11) is 1.86. The lowest BCUT2D eigenvalue weighted by molar-refractivity contribution is 0.154. The fraction of sp³-hybridized carbons (Fsp3) is 0.208. The van der Waals surface area contributed by atoms with Crippen molar-refractivity contribution in [2.75, 3.05) is 5.32 Å². The summed E-state index contributed by atoms with van der Waals surface area (Å²) in [6.07, 6.45) is 4.26. The molecule has 33 heavy (non-hydrogen) atoms. The number of pyridine rings is 1. The van der Waals surface area contributed by atoms with Crippen molar-refractivity contribution in [3.63, 3.8) is 0 Å². The van der Waals surface area contributed by atoms with E-state index in [1.54, 1.807) is 17.1 Å². The van der Waals surface area contributed by atoms with E-state index >= 15 is 0 Å². The summed E-state index contributed by atoms with van der Waals surface area (Å²) in [6.45, 7) is 2.09. The highest BCUT2D eigenvalue weighted by Crippen LogP contribution is 2.36. The van der Waals surface area contributed by atoms with Crippen LogP contribution in [0.25, 0.3) is 16.9 Å². The molecule has 164 valence electrons. The molecule has 5 heterocycles. The third-order valence-corrected chi connectivity index (χ3v) is 6.01. The smallest absolute Gasteiger partial charge is 0.228 e. The van der Waals surface area contributed by atoms with Gasteiger partial charge in [0.15, 0.2) is 5.65 Å². The molecule has 0 bridgehead atoms. The van der Waals surface area contributed by atoms with Crippen LogP contribution in [0.1, 0.15) is 24.2 Å². The van der Waals surface area contributed by atoms with Crippen molar-refractivity contribution in [3.8, 4) is 17.1 Å². The summed E-state index contributed by atoms with van der Waals surface area (Å²) in [6, 6.07) is 18.1. The molecule has 0 spiro atoms. The van der Waals surface area contributed by atoms with Crippen LogP contribution in [0.5, 0.6) is 5.88 Å². The summed E-state index contributed by atoms with van der Waals surface area (Å²) >= 11 is 0. The van der Waals surface area contributed by atoms with Crippen LogP contribution in [0, 0.1) is 0 Å². The standard InChI is InChI=1S/C24H22N8O/c1-15-18(12-16-6-4-3-5-7-16)23-30-29-21-13-17(14-22(33-15)32(21)23)19-8-10-25-24(27-19)28-20-9-11-26-31(20)2/h3-11,13-15,18H,12H2,1-2H3,(H,25,27,28)/t15-,18+/m1/s1. The second kappa shape index (κ2) is 7.70. The Balaban J connectivity index is 1.36. The minimum absolute atomic E-state index is 0.0344. The normalized spacial score (nSPS) is 17.2. The number of ether oxygens (including phenoxy) is 1. The van der Waals surface area contributed by atoms with E-state index in [2.05, 4.69) is 61.8 Å². The first kappa shape index (κ1) is 19.4. The number of benzene rings is 1. The minimum atomic E-state index is -0.0344. The fourth-order valence-corrected chi connectivity index (χ4v) is 4.28. The molecular weight excluding hydrogens is 416 g/mol. The molecule has 2 atom stereocenters. The lowest BCUT2D eigenvalue weighted by Crippen LogP contribution is -2.30. The predicted molar refractivity (Wildman–Crippen MR) is 123 cm³/mol. The van der Waals surface area contributed by atoms with Gasteiger partial charge in [0.25, 0.3) is 0 Å². The van der Waals surface area contributed by atoms with Gasteiger partial charge in [0.1, 0.15) is 17.7 Å². The van der Waals surface area contributed by atoms with Gasteiger partial charge in [-0.15, -0.1) is 10.2 Å². The van der Waals surface area contributed by atoms with Crippen LogP contribution in [-0.2, 0) is 13.5 Å². The van der Waals surface area contributed by atoms with E-state index in [1.807, 2.05) is 41.8 Å². The minimum Gasteiger partial charge on any atom is -0.475 e. The number of hydrogen-bond acceptors (Lipinski definition) is 7. The zero-order chi connectivity index (χ0) is 22.4. The van der Waals surface area contributed by atoms with Gasteiger partial charge >= 0.3 is 0 Å². The van der Waals surface area contributed by atoms with E-state index in [0.29, 0.717) is 5.95 Å². The molecule has 0 aliphatic carbocycles. The molecule has 0 fully saturated rings. The van der Waals surface area contributed by atoms with Crippen LogP contribution >= 0.6 is 0 Å². The number of nitrogens with zero attached hydrogens (tertiary/aromatic N) is 7. The molecule has 4 aromatic heterocycles. The highest BCUT2D eigenvalue weighted by molar-refractivity contribution is 5.67. The van der Waals surface area contributed by atoms with Gasteiger partial charge in [-0.3, -0.25) is 4.68 Å². The molecule has 0 unspecified atom stereocenters. The van der Waals surface area contributed by atoms with E-state index in [9.17, 15) is 0 Å². The molecule has 0 amide bonds. The molecule has 0 saturated heterocycles. The van der Waals surface area contributed by atoms with Gasteiger partial charge in [-0.25, -0.2) is 14.4 Å². The summed E-state index contributed by atoms with van der Waals surface area (Å²) in [4.78, 5) is 9.01. The molecule has 5 aromatic rings. The highest BCUT2D eigenvalue weighted by Gasteiger charge is 2.32. The first-order chi connectivity index (χ1) is 16.2. The van der Waals surface area contributed by atoms with Gasteiger partial charge in [-0.05, 0) is 31.0 Å². The van der Waals surface area contributed by atoms with Crippen molar-refractivity contribution in [1.82, 2.24) is 34.3 Å². The fourth-order valence-electron chi connectivity index (χ4n) is 4.28. The molecule has 9 nitrogen and oxygen atoms in total. The largest absolute Gasteiger partial charge is 0.475 e. The quantitative estimate of drug-likeness (QED) is 0.446.